The lowest BCUT2D eigenvalue weighted by Gasteiger charge is -2.12. The summed E-state index contributed by atoms with van der Waals surface area (Å²) in [5.74, 6) is 0.831. The second kappa shape index (κ2) is 9.06. The molecule has 0 aliphatic carbocycles. The highest BCUT2D eigenvalue weighted by atomic mass is 35.5. The Hall–Kier alpha value is -1.56. The number of nitrogens with zero attached hydrogens (tertiary/aromatic N) is 2. The summed E-state index contributed by atoms with van der Waals surface area (Å²) in [6.07, 6.45) is 4.09. The molecule has 1 unspecified atom stereocenters. The minimum Gasteiger partial charge on any atom is -0.350 e. The molecule has 5 nitrogen and oxygen atoms in total. The van der Waals surface area contributed by atoms with Crippen molar-refractivity contribution in [3.05, 3.63) is 47.4 Å². The molecular formula is C17H24Cl2N4O. The molecule has 1 aliphatic rings. The van der Waals surface area contributed by atoms with Crippen LogP contribution in [0.1, 0.15) is 34.6 Å². The topological polar surface area (TPSA) is 59.0 Å². The van der Waals surface area contributed by atoms with E-state index in [1.807, 2.05) is 42.7 Å². The number of aryl methyl sites for hydroxylation is 1. The van der Waals surface area contributed by atoms with Gasteiger partial charge in [-0.15, -0.1) is 24.8 Å². The summed E-state index contributed by atoms with van der Waals surface area (Å²) in [5.41, 5.74) is 2.66. The molecule has 0 bridgehead atoms. The van der Waals surface area contributed by atoms with E-state index in [0.29, 0.717) is 12.6 Å². The number of nitrogens with one attached hydrogen (secondary N) is 2. The summed E-state index contributed by atoms with van der Waals surface area (Å²) in [6, 6.07) is 8.13. The Morgan fingerprint density at radius 1 is 1.38 bits per heavy atom. The third kappa shape index (κ3) is 4.29. The lowest BCUT2D eigenvalue weighted by atomic mass is 10.2. The maximum Gasteiger partial charge on any atom is 0.253 e. The van der Waals surface area contributed by atoms with Crippen LogP contribution in [-0.4, -0.2) is 34.6 Å². The van der Waals surface area contributed by atoms with E-state index < -0.39 is 0 Å². The van der Waals surface area contributed by atoms with E-state index in [1.165, 1.54) is 6.42 Å². The van der Waals surface area contributed by atoms with Crippen molar-refractivity contribution < 1.29 is 4.79 Å². The zero-order chi connectivity index (χ0) is 15.5. The Balaban J connectivity index is 0.00000144. The van der Waals surface area contributed by atoms with Crippen LogP contribution in [0.25, 0.3) is 5.82 Å². The van der Waals surface area contributed by atoms with Gasteiger partial charge in [-0.1, -0.05) is 6.07 Å². The predicted octanol–water partition coefficient (Wildman–Crippen LogP) is 2.81. The number of aromatic nitrogens is 2. The molecule has 0 radical (unpaired) electrons. The van der Waals surface area contributed by atoms with Crippen molar-refractivity contribution in [2.45, 2.75) is 32.7 Å². The van der Waals surface area contributed by atoms with Crippen molar-refractivity contribution in [3.63, 3.8) is 0 Å². The smallest absolute Gasteiger partial charge is 0.253 e. The molecule has 24 heavy (non-hydrogen) atoms. The number of carbonyl (C=O) groups is 1. The molecule has 1 fully saturated rings. The van der Waals surface area contributed by atoms with Gasteiger partial charge >= 0.3 is 0 Å². The van der Waals surface area contributed by atoms with Crippen molar-refractivity contribution in [1.82, 2.24) is 20.2 Å². The van der Waals surface area contributed by atoms with Crippen LogP contribution in [0.2, 0.25) is 0 Å². The zero-order valence-electron chi connectivity index (χ0n) is 13.9. The Morgan fingerprint density at radius 3 is 2.79 bits per heavy atom. The van der Waals surface area contributed by atoms with Gasteiger partial charge in [0, 0.05) is 30.2 Å². The van der Waals surface area contributed by atoms with E-state index in [-0.39, 0.29) is 30.7 Å². The van der Waals surface area contributed by atoms with Crippen LogP contribution >= 0.6 is 24.8 Å². The molecule has 7 heteroatoms. The molecule has 2 N–H and O–H groups in total. The van der Waals surface area contributed by atoms with E-state index in [9.17, 15) is 4.79 Å². The van der Waals surface area contributed by atoms with Crippen molar-refractivity contribution in [2.75, 3.05) is 13.1 Å². The normalized spacial score (nSPS) is 16.2. The monoisotopic (exact) mass is 370 g/mol. The highest BCUT2D eigenvalue weighted by Gasteiger charge is 2.19. The van der Waals surface area contributed by atoms with Gasteiger partial charge in [0.15, 0.2) is 0 Å². The summed E-state index contributed by atoms with van der Waals surface area (Å²) >= 11 is 0. The Morgan fingerprint density at radius 2 is 2.17 bits per heavy atom. The summed E-state index contributed by atoms with van der Waals surface area (Å²) in [7, 11) is 0. The SMILES string of the molecule is Cc1cc(C(=O)NCC2CCCN2)c(C)n1-c1ccccn1.Cl.Cl. The van der Waals surface area contributed by atoms with Gasteiger partial charge in [-0.2, -0.15) is 0 Å². The number of hydrogen-bond acceptors (Lipinski definition) is 3. The second-order valence-corrected chi connectivity index (χ2v) is 5.81. The zero-order valence-corrected chi connectivity index (χ0v) is 15.5. The fraction of sp³-hybridized carbons (Fsp3) is 0.412. The molecule has 1 amide bonds. The van der Waals surface area contributed by atoms with E-state index in [4.69, 9.17) is 0 Å². The first kappa shape index (κ1) is 20.5. The first-order valence-corrected chi connectivity index (χ1v) is 7.79. The van der Waals surface area contributed by atoms with Gasteiger partial charge in [-0.05, 0) is 51.4 Å². The molecule has 132 valence electrons. The first-order chi connectivity index (χ1) is 10.7. The third-order valence-electron chi connectivity index (χ3n) is 4.23. The van der Waals surface area contributed by atoms with Gasteiger partial charge in [0.05, 0.1) is 5.56 Å². The fourth-order valence-electron chi connectivity index (χ4n) is 3.07. The molecule has 0 aromatic carbocycles. The number of amides is 1. The van der Waals surface area contributed by atoms with Crippen LogP contribution in [0.15, 0.2) is 30.5 Å². The minimum absolute atomic E-state index is 0. The Kier molecular flexibility index (Phi) is 7.73. The molecule has 3 rings (SSSR count). The number of rotatable bonds is 4. The summed E-state index contributed by atoms with van der Waals surface area (Å²) in [6.45, 7) is 5.70. The van der Waals surface area contributed by atoms with Gasteiger partial charge in [0.25, 0.3) is 5.91 Å². The molecule has 3 heterocycles. The predicted molar refractivity (Wildman–Crippen MR) is 101 cm³/mol. The van der Waals surface area contributed by atoms with Crippen LogP contribution in [0.4, 0.5) is 0 Å². The molecule has 1 aliphatic heterocycles. The molecule has 2 aromatic rings. The number of hydrogen-bond donors (Lipinski definition) is 2. The molecule has 2 aromatic heterocycles. The summed E-state index contributed by atoms with van der Waals surface area (Å²) in [5, 5.41) is 6.43. The average molecular weight is 371 g/mol. The van der Waals surface area contributed by atoms with Crippen molar-refractivity contribution >= 4 is 30.7 Å². The molecule has 1 atom stereocenters. The second-order valence-electron chi connectivity index (χ2n) is 5.81. The maximum atomic E-state index is 12.4. The van der Waals surface area contributed by atoms with E-state index >= 15 is 0 Å². The summed E-state index contributed by atoms with van der Waals surface area (Å²) in [4.78, 5) is 16.8. The maximum absolute atomic E-state index is 12.4. The quantitative estimate of drug-likeness (QED) is 0.869. The van der Waals surface area contributed by atoms with Crippen molar-refractivity contribution in [1.29, 1.82) is 0 Å². The Bertz CT molecular complexity index is 667. The van der Waals surface area contributed by atoms with Crippen LogP contribution in [-0.2, 0) is 0 Å². The van der Waals surface area contributed by atoms with E-state index in [2.05, 4.69) is 15.6 Å². The number of carbonyl (C=O) groups excluding carboxylic acids is 1. The van der Waals surface area contributed by atoms with Crippen LogP contribution in [0, 0.1) is 13.8 Å². The average Bonchev–Trinajstić information content (AvgIpc) is 3.14. The van der Waals surface area contributed by atoms with E-state index in [0.717, 1.165) is 35.7 Å². The van der Waals surface area contributed by atoms with Crippen LogP contribution in [0.3, 0.4) is 0 Å². The van der Waals surface area contributed by atoms with Crippen molar-refractivity contribution in [3.8, 4) is 5.82 Å². The van der Waals surface area contributed by atoms with Gasteiger partial charge in [-0.25, -0.2) is 4.98 Å². The molecule has 0 saturated carbocycles. The molecule has 1 saturated heterocycles. The van der Waals surface area contributed by atoms with Crippen LogP contribution in [0.5, 0.6) is 0 Å². The standard InChI is InChI=1S/C17H22N4O.2ClH/c1-12-10-15(17(22)20-11-14-6-5-9-18-14)13(2)21(12)16-7-3-4-8-19-16;;/h3-4,7-8,10,14,18H,5-6,9,11H2,1-2H3,(H,20,22);2*1H. The van der Waals surface area contributed by atoms with Gasteiger partial charge in [0.2, 0.25) is 0 Å². The lowest BCUT2D eigenvalue weighted by Crippen LogP contribution is -2.37. The lowest BCUT2D eigenvalue weighted by molar-refractivity contribution is 0.0949. The highest BCUT2D eigenvalue weighted by Crippen LogP contribution is 2.19. The van der Waals surface area contributed by atoms with E-state index in [1.54, 1.807) is 6.20 Å². The largest absolute Gasteiger partial charge is 0.350 e. The minimum atomic E-state index is -0.0102. The van der Waals surface area contributed by atoms with Crippen LogP contribution < -0.4 is 10.6 Å². The molecule has 0 spiro atoms. The fourth-order valence-corrected chi connectivity index (χ4v) is 3.07. The number of pyridine rings is 1. The molecular weight excluding hydrogens is 347 g/mol. The van der Waals surface area contributed by atoms with Gasteiger partial charge in [-0.3, -0.25) is 4.79 Å². The Labute approximate surface area is 155 Å². The van der Waals surface area contributed by atoms with Gasteiger partial charge < -0.3 is 15.2 Å². The third-order valence-corrected chi connectivity index (χ3v) is 4.23. The highest BCUT2D eigenvalue weighted by molar-refractivity contribution is 5.95. The van der Waals surface area contributed by atoms with Gasteiger partial charge in [0.1, 0.15) is 5.82 Å². The number of halogens is 2. The van der Waals surface area contributed by atoms with Crippen molar-refractivity contribution in [2.24, 2.45) is 0 Å². The first-order valence-electron chi connectivity index (χ1n) is 7.79. The summed E-state index contributed by atoms with van der Waals surface area (Å²) < 4.78 is 2.02.